The summed E-state index contributed by atoms with van der Waals surface area (Å²) in [5.41, 5.74) is 0. The highest BCUT2D eigenvalue weighted by atomic mass is 16.2. The maximum absolute atomic E-state index is 10.8. The average Bonchev–Trinajstić information content (AvgIpc) is 1.80. The van der Waals surface area contributed by atoms with Gasteiger partial charge in [-0.15, -0.1) is 0 Å². The maximum atomic E-state index is 10.8. The van der Waals surface area contributed by atoms with E-state index in [-0.39, 0.29) is 5.91 Å². The van der Waals surface area contributed by atoms with Gasteiger partial charge in [-0.05, 0) is 0 Å². The largest absolute Gasteiger partial charge is 0.343 e. The Bertz CT molecular complexity index is 125. The molecule has 0 aliphatic carbocycles. The second-order valence-electron chi connectivity index (χ2n) is 2.29. The molecule has 0 bridgehead atoms. The third kappa shape index (κ3) is 1.40. The van der Waals surface area contributed by atoms with Crippen LogP contribution in [0, 0.1) is 0 Å². The molecule has 4 nitrogen and oxygen atoms in total. The van der Waals surface area contributed by atoms with Gasteiger partial charge < -0.3 is 4.90 Å². The van der Waals surface area contributed by atoms with Crippen LogP contribution < -0.4 is 5.84 Å². The van der Waals surface area contributed by atoms with Crippen molar-refractivity contribution in [1.82, 2.24) is 9.91 Å². The Balaban J connectivity index is 2.44. The number of nitrogens with two attached hydrogens (primary N) is 1. The summed E-state index contributed by atoms with van der Waals surface area (Å²) in [4.78, 5) is 12.5. The smallest absolute Gasteiger partial charge is 0.237 e. The van der Waals surface area contributed by atoms with Gasteiger partial charge in [-0.2, -0.15) is 0 Å². The summed E-state index contributed by atoms with van der Waals surface area (Å²) in [7, 11) is 1.79. The summed E-state index contributed by atoms with van der Waals surface area (Å²) in [6.45, 7) is 1.88. The second-order valence-corrected chi connectivity index (χ2v) is 2.29. The first-order chi connectivity index (χ1) is 4.20. The third-order valence-electron chi connectivity index (χ3n) is 1.49. The van der Waals surface area contributed by atoms with Crippen molar-refractivity contribution in [3.8, 4) is 0 Å². The van der Waals surface area contributed by atoms with Crippen LogP contribution in [0.5, 0.6) is 0 Å². The molecule has 52 valence electrons. The van der Waals surface area contributed by atoms with E-state index in [9.17, 15) is 4.79 Å². The first kappa shape index (κ1) is 6.51. The monoisotopic (exact) mass is 129 g/mol. The Kier molecular flexibility index (Phi) is 1.68. The van der Waals surface area contributed by atoms with E-state index in [0.29, 0.717) is 6.54 Å². The van der Waals surface area contributed by atoms with E-state index in [1.165, 1.54) is 5.01 Å². The predicted molar refractivity (Wildman–Crippen MR) is 33.4 cm³/mol. The van der Waals surface area contributed by atoms with E-state index in [0.717, 1.165) is 13.1 Å². The van der Waals surface area contributed by atoms with Crippen molar-refractivity contribution in [3.05, 3.63) is 0 Å². The number of likely N-dealkylation sites (N-methyl/N-ethyl adjacent to an activating group) is 1. The Labute approximate surface area is 54.2 Å². The van der Waals surface area contributed by atoms with Crippen LogP contribution >= 0.6 is 0 Å². The zero-order valence-corrected chi connectivity index (χ0v) is 5.50. The lowest BCUT2D eigenvalue weighted by atomic mass is 10.4. The molecular weight excluding hydrogens is 118 g/mol. The number of nitrogens with zero attached hydrogens (tertiary/aromatic N) is 2. The summed E-state index contributed by atoms with van der Waals surface area (Å²) in [5, 5.41) is 1.53. The van der Waals surface area contributed by atoms with Crippen molar-refractivity contribution in [2.75, 3.05) is 26.7 Å². The molecule has 4 heteroatoms. The minimum atomic E-state index is 0.101. The molecule has 0 unspecified atom stereocenters. The highest BCUT2D eigenvalue weighted by Crippen LogP contribution is 1.93. The molecule has 0 atom stereocenters. The van der Waals surface area contributed by atoms with Gasteiger partial charge in [0.1, 0.15) is 0 Å². The molecule has 1 amide bonds. The van der Waals surface area contributed by atoms with Gasteiger partial charge in [0.15, 0.2) is 0 Å². The van der Waals surface area contributed by atoms with E-state index in [1.807, 2.05) is 0 Å². The Hall–Kier alpha value is -0.610. The lowest BCUT2D eigenvalue weighted by Crippen LogP contribution is -2.51. The van der Waals surface area contributed by atoms with Gasteiger partial charge in [-0.3, -0.25) is 10.6 Å². The average molecular weight is 129 g/mol. The fourth-order valence-electron chi connectivity index (χ4n) is 0.777. The molecule has 2 N–H and O–H groups in total. The van der Waals surface area contributed by atoms with Gasteiger partial charge in [0, 0.05) is 20.1 Å². The molecular formula is C5H11N3O. The van der Waals surface area contributed by atoms with Crippen LogP contribution in [0.3, 0.4) is 0 Å². The second kappa shape index (κ2) is 2.33. The fourth-order valence-corrected chi connectivity index (χ4v) is 0.777. The normalized spacial score (nSPS) is 22.9. The number of hydrogen-bond donors (Lipinski definition) is 1. The first-order valence-corrected chi connectivity index (χ1v) is 2.94. The summed E-state index contributed by atoms with van der Waals surface area (Å²) < 4.78 is 0. The predicted octanol–water partition coefficient (Wildman–Crippen LogP) is -1.37. The van der Waals surface area contributed by atoms with Crippen molar-refractivity contribution in [2.45, 2.75) is 0 Å². The molecule has 0 aromatic heterocycles. The molecule has 0 aromatic carbocycles. The van der Waals surface area contributed by atoms with E-state index in [4.69, 9.17) is 5.84 Å². The number of carbonyl (C=O) groups is 1. The van der Waals surface area contributed by atoms with Crippen LogP contribution in [0.2, 0.25) is 0 Å². The lowest BCUT2D eigenvalue weighted by molar-refractivity contribution is -0.134. The third-order valence-corrected chi connectivity index (χ3v) is 1.49. The molecule has 0 radical (unpaired) electrons. The van der Waals surface area contributed by atoms with Crippen molar-refractivity contribution < 1.29 is 4.79 Å². The van der Waals surface area contributed by atoms with Crippen molar-refractivity contribution in [2.24, 2.45) is 5.84 Å². The molecule has 1 aliphatic heterocycles. The van der Waals surface area contributed by atoms with E-state index < -0.39 is 0 Å². The van der Waals surface area contributed by atoms with Crippen molar-refractivity contribution in [3.63, 3.8) is 0 Å². The quantitative estimate of drug-likeness (QED) is 0.411. The molecule has 1 fully saturated rings. The van der Waals surface area contributed by atoms with Gasteiger partial charge in [0.05, 0.1) is 6.54 Å². The minimum absolute atomic E-state index is 0.101. The number of carbonyl (C=O) groups excluding carboxylic acids is 1. The lowest BCUT2D eigenvalue weighted by Gasteiger charge is -2.28. The maximum Gasteiger partial charge on any atom is 0.237 e. The van der Waals surface area contributed by atoms with Gasteiger partial charge in [0.25, 0.3) is 0 Å². The number of amides is 1. The molecule has 1 rings (SSSR count). The molecule has 1 heterocycles. The topological polar surface area (TPSA) is 49.6 Å². The summed E-state index contributed by atoms with van der Waals surface area (Å²) in [5.74, 6) is 5.47. The van der Waals surface area contributed by atoms with Gasteiger partial charge in [-0.25, -0.2) is 5.01 Å². The first-order valence-electron chi connectivity index (χ1n) is 2.94. The number of piperazine rings is 1. The van der Waals surface area contributed by atoms with Crippen molar-refractivity contribution in [1.29, 1.82) is 0 Å². The number of hydrazine groups is 1. The molecule has 1 saturated heterocycles. The van der Waals surface area contributed by atoms with Gasteiger partial charge in [0.2, 0.25) is 5.91 Å². The van der Waals surface area contributed by atoms with Crippen LogP contribution in [-0.2, 0) is 4.79 Å². The van der Waals surface area contributed by atoms with Crippen LogP contribution in [0.1, 0.15) is 0 Å². The zero-order valence-electron chi connectivity index (χ0n) is 5.50. The number of hydrogen-bond acceptors (Lipinski definition) is 3. The van der Waals surface area contributed by atoms with Crippen LogP contribution in [0.15, 0.2) is 0 Å². The minimum Gasteiger partial charge on any atom is -0.343 e. The fraction of sp³-hybridized carbons (Fsp3) is 0.800. The van der Waals surface area contributed by atoms with E-state index >= 15 is 0 Å². The Morgan fingerprint density at radius 1 is 1.56 bits per heavy atom. The summed E-state index contributed by atoms with van der Waals surface area (Å²) >= 11 is 0. The zero-order chi connectivity index (χ0) is 6.85. The van der Waals surface area contributed by atoms with Gasteiger partial charge in [-0.1, -0.05) is 0 Å². The van der Waals surface area contributed by atoms with Crippen LogP contribution in [-0.4, -0.2) is 42.5 Å². The molecule has 0 aromatic rings. The molecule has 0 saturated carbocycles. The van der Waals surface area contributed by atoms with Crippen LogP contribution in [0.25, 0.3) is 0 Å². The van der Waals surface area contributed by atoms with E-state index in [2.05, 4.69) is 0 Å². The number of rotatable bonds is 0. The highest BCUT2D eigenvalue weighted by molar-refractivity contribution is 5.78. The molecule has 0 spiro atoms. The SMILES string of the molecule is CN1CCN(N)CC1=O. The van der Waals surface area contributed by atoms with Crippen LogP contribution in [0.4, 0.5) is 0 Å². The Morgan fingerprint density at radius 2 is 2.22 bits per heavy atom. The Morgan fingerprint density at radius 3 is 2.67 bits per heavy atom. The standard InChI is InChI=1S/C5H11N3O/c1-7-2-3-8(6)4-5(7)9/h2-4,6H2,1H3. The highest BCUT2D eigenvalue weighted by Gasteiger charge is 2.17. The van der Waals surface area contributed by atoms with Crippen molar-refractivity contribution >= 4 is 5.91 Å². The molecule has 1 aliphatic rings. The van der Waals surface area contributed by atoms with Gasteiger partial charge >= 0.3 is 0 Å². The molecule has 9 heavy (non-hydrogen) atoms. The summed E-state index contributed by atoms with van der Waals surface area (Å²) in [6.07, 6.45) is 0. The summed E-state index contributed by atoms with van der Waals surface area (Å²) in [6, 6.07) is 0. The van der Waals surface area contributed by atoms with E-state index in [1.54, 1.807) is 11.9 Å².